The summed E-state index contributed by atoms with van der Waals surface area (Å²) in [7, 11) is -3.78. The number of carbonyl (C=O) groups excluding carboxylic acids is 1. The molecule has 1 aliphatic heterocycles. The van der Waals surface area contributed by atoms with Gasteiger partial charge in [-0.15, -0.1) is 0 Å². The summed E-state index contributed by atoms with van der Waals surface area (Å²) in [5.41, 5.74) is 0.384. The van der Waals surface area contributed by atoms with Crippen LogP contribution in [0.5, 0.6) is 0 Å². The maximum atomic E-state index is 12.1. The SMILES string of the molecule is CC(NS(=O)(=O)C1CN(C(=O)c2cccc(Cl)c2)C1)C(=O)O. The summed E-state index contributed by atoms with van der Waals surface area (Å²) >= 11 is 5.81. The van der Waals surface area contributed by atoms with E-state index in [2.05, 4.69) is 4.72 Å². The van der Waals surface area contributed by atoms with E-state index in [4.69, 9.17) is 16.7 Å². The number of aliphatic carboxylic acids is 1. The highest BCUT2D eigenvalue weighted by molar-refractivity contribution is 7.90. The summed E-state index contributed by atoms with van der Waals surface area (Å²) in [6, 6.07) is 5.18. The van der Waals surface area contributed by atoms with Crippen LogP contribution in [0.2, 0.25) is 5.02 Å². The summed E-state index contributed by atoms with van der Waals surface area (Å²) in [5, 5.41) is 8.34. The van der Waals surface area contributed by atoms with Gasteiger partial charge in [-0.3, -0.25) is 9.59 Å². The standard InChI is InChI=1S/C13H15ClN2O5S/c1-8(13(18)19)15-22(20,21)11-6-16(7-11)12(17)9-3-2-4-10(14)5-9/h2-5,8,11,15H,6-7H2,1H3,(H,18,19). The zero-order valence-corrected chi connectivity index (χ0v) is 13.3. The van der Waals surface area contributed by atoms with E-state index >= 15 is 0 Å². The Hall–Kier alpha value is -1.64. The van der Waals surface area contributed by atoms with Crippen LogP contribution in [0.25, 0.3) is 0 Å². The van der Waals surface area contributed by atoms with Crippen LogP contribution < -0.4 is 4.72 Å². The van der Waals surface area contributed by atoms with Crippen molar-refractivity contribution in [2.45, 2.75) is 18.2 Å². The average molecular weight is 347 g/mol. The number of likely N-dealkylation sites (tertiary alicyclic amines) is 1. The van der Waals surface area contributed by atoms with Gasteiger partial charge in [0.05, 0.1) is 0 Å². The molecule has 1 aromatic rings. The summed E-state index contributed by atoms with van der Waals surface area (Å²) in [5.74, 6) is -1.56. The molecule has 1 fully saturated rings. The molecular weight excluding hydrogens is 332 g/mol. The molecule has 0 bridgehead atoms. The van der Waals surface area contributed by atoms with Gasteiger partial charge in [0.15, 0.2) is 0 Å². The topological polar surface area (TPSA) is 104 Å². The molecule has 0 spiro atoms. The maximum Gasteiger partial charge on any atom is 0.321 e. The summed E-state index contributed by atoms with van der Waals surface area (Å²) in [6.45, 7) is 1.29. The second-order valence-corrected chi connectivity index (χ2v) is 7.49. The third kappa shape index (κ3) is 3.57. The van der Waals surface area contributed by atoms with Crippen molar-refractivity contribution in [2.24, 2.45) is 0 Å². The molecule has 2 N–H and O–H groups in total. The number of sulfonamides is 1. The lowest BCUT2D eigenvalue weighted by molar-refractivity contribution is -0.138. The molecule has 1 amide bonds. The number of hydrogen-bond acceptors (Lipinski definition) is 4. The first kappa shape index (κ1) is 16.7. The minimum Gasteiger partial charge on any atom is -0.480 e. The number of benzene rings is 1. The van der Waals surface area contributed by atoms with Crippen LogP contribution in [0.3, 0.4) is 0 Å². The first-order chi connectivity index (χ1) is 10.2. The van der Waals surface area contributed by atoms with Gasteiger partial charge < -0.3 is 10.0 Å². The van der Waals surface area contributed by atoms with Crippen LogP contribution in [-0.4, -0.2) is 54.7 Å². The van der Waals surface area contributed by atoms with Crippen LogP contribution in [0.1, 0.15) is 17.3 Å². The van der Waals surface area contributed by atoms with Gasteiger partial charge in [-0.25, -0.2) is 13.1 Å². The molecule has 120 valence electrons. The number of carboxylic acid groups (broad SMARTS) is 1. The van der Waals surface area contributed by atoms with Crippen molar-refractivity contribution in [3.05, 3.63) is 34.9 Å². The van der Waals surface area contributed by atoms with Crippen LogP contribution in [-0.2, 0) is 14.8 Å². The Bertz CT molecular complexity index is 700. The van der Waals surface area contributed by atoms with Gasteiger partial charge in [-0.05, 0) is 25.1 Å². The van der Waals surface area contributed by atoms with E-state index in [0.29, 0.717) is 10.6 Å². The number of nitrogens with zero attached hydrogens (tertiary/aromatic N) is 1. The summed E-state index contributed by atoms with van der Waals surface area (Å²) in [6.07, 6.45) is 0. The van der Waals surface area contributed by atoms with Crippen LogP contribution in [0.15, 0.2) is 24.3 Å². The number of rotatable bonds is 5. The van der Waals surface area contributed by atoms with Crippen molar-refractivity contribution in [1.29, 1.82) is 0 Å². The van der Waals surface area contributed by atoms with Crippen LogP contribution in [0.4, 0.5) is 0 Å². The monoisotopic (exact) mass is 346 g/mol. The Balaban J connectivity index is 1.97. The van der Waals surface area contributed by atoms with Gasteiger partial charge in [0.1, 0.15) is 11.3 Å². The van der Waals surface area contributed by atoms with E-state index in [9.17, 15) is 18.0 Å². The Kier molecular flexibility index (Phi) is 4.74. The number of amides is 1. The van der Waals surface area contributed by atoms with Crippen molar-refractivity contribution in [3.8, 4) is 0 Å². The summed E-state index contributed by atoms with van der Waals surface area (Å²) in [4.78, 5) is 24.2. The van der Waals surface area contributed by atoms with Gasteiger partial charge >= 0.3 is 5.97 Å². The van der Waals surface area contributed by atoms with Gasteiger partial charge in [0, 0.05) is 23.7 Å². The average Bonchev–Trinajstić information content (AvgIpc) is 2.35. The minimum atomic E-state index is -3.78. The fourth-order valence-electron chi connectivity index (χ4n) is 2.00. The molecule has 7 nitrogen and oxygen atoms in total. The molecule has 1 unspecified atom stereocenters. The van der Waals surface area contributed by atoms with Crippen molar-refractivity contribution in [1.82, 2.24) is 9.62 Å². The molecule has 0 aromatic heterocycles. The van der Waals surface area contributed by atoms with E-state index in [-0.39, 0.29) is 19.0 Å². The van der Waals surface area contributed by atoms with E-state index in [1.807, 2.05) is 0 Å². The minimum absolute atomic E-state index is 0.0209. The van der Waals surface area contributed by atoms with Crippen molar-refractivity contribution >= 4 is 33.5 Å². The fourth-order valence-corrected chi connectivity index (χ4v) is 3.73. The highest BCUT2D eigenvalue weighted by Crippen LogP contribution is 2.20. The van der Waals surface area contributed by atoms with Crippen molar-refractivity contribution < 1.29 is 23.1 Å². The molecule has 0 saturated carbocycles. The molecule has 1 aromatic carbocycles. The number of nitrogens with one attached hydrogen (secondary N) is 1. The Morgan fingerprint density at radius 1 is 1.41 bits per heavy atom. The van der Waals surface area contributed by atoms with Crippen molar-refractivity contribution in [3.63, 3.8) is 0 Å². The van der Waals surface area contributed by atoms with E-state index in [1.54, 1.807) is 18.2 Å². The second-order valence-electron chi connectivity index (χ2n) is 5.07. The van der Waals surface area contributed by atoms with Crippen LogP contribution >= 0.6 is 11.6 Å². The molecule has 1 saturated heterocycles. The smallest absolute Gasteiger partial charge is 0.321 e. The number of carboxylic acids is 1. The lowest BCUT2D eigenvalue weighted by atomic mass is 10.1. The third-order valence-corrected chi connectivity index (χ3v) is 5.45. The Morgan fingerprint density at radius 3 is 2.59 bits per heavy atom. The highest BCUT2D eigenvalue weighted by Gasteiger charge is 2.41. The van der Waals surface area contributed by atoms with Gasteiger partial charge in [-0.2, -0.15) is 0 Å². The van der Waals surface area contributed by atoms with Gasteiger partial charge in [-0.1, -0.05) is 17.7 Å². The zero-order chi connectivity index (χ0) is 16.5. The fraction of sp³-hybridized carbons (Fsp3) is 0.385. The quantitative estimate of drug-likeness (QED) is 0.810. The first-order valence-electron chi connectivity index (χ1n) is 6.49. The largest absolute Gasteiger partial charge is 0.480 e. The third-order valence-electron chi connectivity index (χ3n) is 3.36. The molecule has 9 heteroatoms. The molecule has 1 atom stereocenters. The number of carbonyl (C=O) groups is 2. The number of halogens is 1. The normalized spacial score (nSPS) is 16.9. The molecule has 1 heterocycles. The maximum absolute atomic E-state index is 12.1. The lowest BCUT2D eigenvalue weighted by Crippen LogP contribution is -2.60. The van der Waals surface area contributed by atoms with Crippen LogP contribution in [0, 0.1) is 0 Å². The van der Waals surface area contributed by atoms with Gasteiger partial charge in [0.25, 0.3) is 5.91 Å². The Labute approximate surface area is 132 Å². The highest BCUT2D eigenvalue weighted by atomic mass is 35.5. The lowest BCUT2D eigenvalue weighted by Gasteiger charge is -2.38. The molecule has 22 heavy (non-hydrogen) atoms. The number of hydrogen-bond donors (Lipinski definition) is 2. The first-order valence-corrected chi connectivity index (χ1v) is 8.42. The predicted octanol–water partition coefficient (Wildman–Crippen LogP) is 0.557. The predicted molar refractivity (Wildman–Crippen MR) is 80.3 cm³/mol. The molecule has 0 radical (unpaired) electrons. The van der Waals surface area contributed by atoms with Crippen molar-refractivity contribution in [2.75, 3.05) is 13.1 Å². The molecule has 2 rings (SSSR count). The second kappa shape index (κ2) is 6.23. The molecular formula is C13H15ClN2O5S. The molecule has 1 aliphatic rings. The van der Waals surface area contributed by atoms with E-state index < -0.39 is 27.3 Å². The van der Waals surface area contributed by atoms with Gasteiger partial charge in [0.2, 0.25) is 10.0 Å². The summed E-state index contributed by atoms with van der Waals surface area (Å²) < 4.78 is 26.0. The zero-order valence-electron chi connectivity index (χ0n) is 11.7. The van der Waals surface area contributed by atoms with E-state index in [1.165, 1.54) is 17.9 Å². The molecule has 0 aliphatic carbocycles. The Morgan fingerprint density at radius 2 is 2.05 bits per heavy atom. The van der Waals surface area contributed by atoms with E-state index in [0.717, 1.165) is 0 Å².